The second-order valence-corrected chi connectivity index (χ2v) is 5.66. The monoisotopic (exact) mass is 328 g/mol. The number of carboxylic acid groups (broad SMARTS) is 1. The normalized spacial score (nSPS) is 10.5. The van der Waals surface area contributed by atoms with Crippen molar-refractivity contribution in [2.24, 2.45) is 0 Å². The van der Waals surface area contributed by atoms with E-state index in [4.69, 9.17) is 5.11 Å². The third kappa shape index (κ3) is 4.68. The zero-order valence-electron chi connectivity index (χ0n) is 14.4. The molecule has 0 aliphatic rings. The average Bonchev–Trinajstić information content (AvgIpc) is 2.54. The molecule has 0 spiro atoms. The highest BCUT2D eigenvalue weighted by Gasteiger charge is 2.10. The molecular weight excluding hydrogens is 304 g/mol. The molecule has 0 saturated carbocycles. The molecule has 2 N–H and O–H groups in total. The van der Waals surface area contributed by atoms with Gasteiger partial charge in [-0.1, -0.05) is 19.9 Å². The van der Waals surface area contributed by atoms with Crippen LogP contribution in [0, 0.1) is 6.92 Å². The summed E-state index contributed by atoms with van der Waals surface area (Å²) in [5.41, 5.74) is 0.932. The molecule has 0 aliphatic heterocycles. The van der Waals surface area contributed by atoms with Crippen LogP contribution >= 0.6 is 0 Å². The minimum atomic E-state index is -0.949. The van der Waals surface area contributed by atoms with Crippen molar-refractivity contribution in [3.05, 3.63) is 41.7 Å². The summed E-state index contributed by atoms with van der Waals surface area (Å²) in [5, 5.41) is 12.3. The van der Waals surface area contributed by atoms with E-state index >= 15 is 0 Å². The number of aryl methyl sites for hydroxylation is 1. The van der Waals surface area contributed by atoms with Crippen LogP contribution in [0.5, 0.6) is 0 Å². The van der Waals surface area contributed by atoms with Gasteiger partial charge >= 0.3 is 5.97 Å². The number of hydrogen-bond acceptors (Lipinski definition) is 5. The van der Waals surface area contributed by atoms with Crippen molar-refractivity contribution in [1.29, 1.82) is 0 Å². The SMILES string of the molecule is CCCN(CCC)c1cc(Nc2cccc(C(=O)O)c2)nc(C)n1. The fourth-order valence-electron chi connectivity index (χ4n) is 2.54. The number of nitrogens with zero attached hydrogens (tertiary/aromatic N) is 3. The van der Waals surface area contributed by atoms with E-state index in [1.165, 1.54) is 0 Å². The smallest absolute Gasteiger partial charge is 0.335 e. The van der Waals surface area contributed by atoms with Gasteiger partial charge in [0.2, 0.25) is 0 Å². The number of rotatable bonds is 8. The van der Waals surface area contributed by atoms with Crippen LogP contribution in [0.1, 0.15) is 42.9 Å². The van der Waals surface area contributed by atoms with Crippen LogP contribution in [0.4, 0.5) is 17.3 Å². The Bertz CT molecular complexity index is 697. The van der Waals surface area contributed by atoms with E-state index in [0.717, 1.165) is 31.7 Å². The van der Waals surface area contributed by atoms with Crippen molar-refractivity contribution < 1.29 is 9.90 Å². The Labute approximate surface area is 142 Å². The standard InChI is InChI=1S/C18H24N4O2/c1-4-9-22(10-5-2)17-12-16(19-13(3)20-17)21-15-8-6-7-14(11-15)18(23)24/h6-8,11-12H,4-5,9-10H2,1-3H3,(H,23,24)(H,19,20,21). The number of benzene rings is 1. The summed E-state index contributed by atoms with van der Waals surface area (Å²) in [6.45, 7) is 8.04. The molecule has 0 aliphatic carbocycles. The van der Waals surface area contributed by atoms with Crippen LogP contribution in [-0.2, 0) is 0 Å². The van der Waals surface area contributed by atoms with Gasteiger partial charge in [-0.3, -0.25) is 0 Å². The summed E-state index contributed by atoms with van der Waals surface area (Å²) < 4.78 is 0. The van der Waals surface area contributed by atoms with Crippen LogP contribution in [0.25, 0.3) is 0 Å². The summed E-state index contributed by atoms with van der Waals surface area (Å²) in [7, 11) is 0. The van der Waals surface area contributed by atoms with Crippen molar-refractivity contribution in [3.63, 3.8) is 0 Å². The molecule has 0 saturated heterocycles. The Hall–Kier alpha value is -2.63. The van der Waals surface area contributed by atoms with Crippen LogP contribution in [0.2, 0.25) is 0 Å². The molecular formula is C18H24N4O2. The largest absolute Gasteiger partial charge is 0.478 e. The van der Waals surface area contributed by atoms with Crippen LogP contribution in [0.15, 0.2) is 30.3 Å². The zero-order chi connectivity index (χ0) is 17.5. The maximum atomic E-state index is 11.1. The third-order valence-corrected chi connectivity index (χ3v) is 3.52. The van der Waals surface area contributed by atoms with Gasteiger partial charge in [-0.25, -0.2) is 14.8 Å². The number of carboxylic acids is 1. The molecule has 0 fully saturated rings. The highest BCUT2D eigenvalue weighted by Crippen LogP contribution is 2.21. The van der Waals surface area contributed by atoms with Gasteiger partial charge in [0.05, 0.1) is 5.56 Å². The number of aromatic nitrogens is 2. The molecule has 128 valence electrons. The maximum absolute atomic E-state index is 11.1. The molecule has 6 heteroatoms. The van der Waals surface area contributed by atoms with Crippen molar-refractivity contribution in [2.45, 2.75) is 33.6 Å². The van der Waals surface area contributed by atoms with Gasteiger partial charge in [-0.2, -0.15) is 0 Å². The molecule has 0 atom stereocenters. The summed E-state index contributed by atoms with van der Waals surface area (Å²) in [6.07, 6.45) is 2.10. The van der Waals surface area contributed by atoms with Gasteiger partial charge in [0.1, 0.15) is 17.5 Å². The molecule has 6 nitrogen and oxygen atoms in total. The van der Waals surface area contributed by atoms with Gasteiger partial charge in [0, 0.05) is 24.8 Å². The first-order valence-electron chi connectivity index (χ1n) is 8.24. The lowest BCUT2D eigenvalue weighted by molar-refractivity contribution is 0.0697. The van der Waals surface area contributed by atoms with Gasteiger partial charge in [0.25, 0.3) is 0 Å². The molecule has 0 bridgehead atoms. The Balaban J connectivity index is 2.27. The number of aromatic carboxylic acids is 1. The molecule has 24 heavy (non-hydrogen) atoms. The quantitative estimate of drug-likeness (QED) is 0.766. The predicted molar refractivity (Wildman–Crippen MR) is 96.2 cm³/mol. The van der Waals surface area contributed by atoms with Crippen LogP contribution < -0.4 is 10.2 Å². The van der Waals surface area contributed by atoms with Crippen molar-refractivity contribution in [3.8, 4) is 0 Å². The van der Waals surface area contributed by atoms with E-state index < -0.39 is 5.97 Å². The van der Waals surface area contributed by atoms with E-state index in [0.29, 0.717) is 17.3 Å². The minimum absolute atomic E-state index is 0.240. The summed E-state index contributed by atoms with van der Waals surface area (Å²) in [5.74, 6) is 1.29. The zero-order valence-corrected chi connectivity index (χ0v) is 14.4. The molecule has 0 radical (unpaired) electrons. The van der Waals surface area contributed by atoms with Gasteiger partial charge in [0.15, 0.2) is 0 Å². The Morgan fingerprint density at radius 3 is 2.50 bits per heavy atom. The first-order valence-corrected chi connectivity index (χ1v) is 8.24. The fourth-order valence-corrected chi connectivity index (χ4v) is 2.54. The van der Waals surface area contributed by atoms with Crippen LogP contribution in [0.3, 0.4) is 0 Å². The Morgan fingerprint density at radius 2 is 1.88 bits per heavy atom. The van der Waals surface area contributed by atoms with Crippen LogP contribution in [-0.4, -0.2) is 34.1 Å². The third-order valence-electron chi connectivity index (χ3n) is 3.52. The van der Waals surface area contributed by atoms with E-state index in [9.17, 15) is 4.79 Å². The van der Waals surface area contributed by atoms with E-state index in [1.54, 1.807) is 18.2 Å². The average molecular weight is 328 g/mol. The fraction of sp³-hybridized carbons (Fsp3) is 0.389. The lowest BCUT2D eigenvalue weighted by atomic mass is 10.2. The van der Waals surface area contributed by atoms with Crippen molar-refractivity contribution in [1.82, 2.24) is 9.97 Å². The number of carbonyl (C=O) groups is 1. The summed E-state index contributed by atoms with van der Waals surface area (Å²) in [4.78, 5) is 22.3. The summed E-state index contributed by atoms with van der Waals surface area (Å²) in [6, 6.07) is 8.59. The second-order valence-electron chi connectivity index (χ2n) is 5.66. The highest BCUT2D eigenvalue weighted by atomic mass is 16.4. The molecule has 1 heterocycles. The summed E-state index contributed by atoms with van der Waals surface area (Å²) >= 11 is 0. The Morgan fingerprint density at radius 1 is 1.17 bits per heavy atom. The van der Waals surface area contributed by atoms with Crippen molar-refractivity contribution >= 4 is 23.3 Å². The molecule has 0 unspecified atom stereocenters. The lowest BCUT2D eigenvalue weighted by Crippen LogP contribution is -2.26. The molecule has 1 aromatic carbocycles. The van der Waals surface area contributed by atoms with E-state index in [2.05, 4.69) is 34.0 Å². The van der Waals surface area contributed by atoms with E-state index in [-0.39, 0.29) is 5.56 Å². The maximum Gasteiger partial charge on any atom is 0.335 e. The van der Waals surface area contributed by atoms with Crippen molar-refractivity contribution in [2.75, 3.05) is 23.3 Å². The van der Waals surface area contributed by atoms with Gasteiger partial charge in [-0.05, 0) is 38.0 Å². The molecule has 1 aromatic heterocycles. The number of nitrogens with one attached hydrogen (secondary N) is 1. The van der Waals surface area contributed by atoms with Gasteiger partial charge in [-0.15, -0.1) is 0 Å². The second kappa shape index (κ2) is 8.29. The topological polar surface area (TPSA) is 78.4 Å². The van der Waals surface area contributed by atoms with E-state index in [1.807, 2.05) is 19.1 Å². The predicted octanol–water partition coefficient (Wildman–Crippen LogP) is 3.85. The number of hydrogen-bond donors (Lipinski definition) is 2. The molecule has 2 rings (SSSR count). The number of anilines is 3. The van der Waals surface area contributed by atoms with Gasteiger partial charge < -0.3 is 15.3 Å². The first-order chi connectivity index (χ1) is 11.5. The first kappa shape index (κ1) is 17.7. The molecule has 0 amide bonds. The molecule has 2 aromatic rings. The highest BCUT2D eigenvalue weighted by molar-refractivity contribution is 5.89. The Kier molecular flexibility index (Phi) is 6.12. The minimum Gasteiger partial charge on any atom is -0.478 e. The lowest BCUT2D eigenvalue weighted by Gasteiger charge is -2.23.